The van der Waals surface area contributed by atoms with E-state index in [9.17, 15) is 9.59 Å². The number of amides is 2. The number of nitrogens with zero attached hydrogens (tertiary/aromatic N) is 1. The van der Waals surface area contributed by atoms with E-state index in [2.05, 4.69) is 15.8 Å². The van der Waals surface area contributed by atoms with Crippen molar-refractivity contribution in [2.45, 2.75) is 13.3 Å². The lowest BCUT2D eigenvalue weighted by atomic mass is 10.1. The van der Waals surface area contributed by atoms with Gasteiger partial charge in [-0.1, -0.05) is 19.1 Å². The second-order valence-corrected chi connectivity index (χ2v) is 6.09. The van der Waals surface area contributed by atoms with E-state index in [0.29, 0.717) is 12.3 Å². The first-order chi connectivity index (χ1) is 14.2. The molecule has 0 bridgehead atoms. The zero-order valence-corrected chi connectivity index (χ0v) is 15.9. The summed E-state index contributed by atoms with van der Waals surface area (Å²) in [4.78, 5) is 24.6. The third kappa shape index (κ3) is 5.55. The molecule has 0 fully saturated rings. The average molecular weight is 391 g/mol. The topological polar surface area (TPSA) is 92.9 Å². The summed E-state index contributed by atoms with van der Waals surface area (Å²) in [5, 5.41) is 6.65. The summed E-state index contributed by atoms with van der Waals surface area (Å²) in [7, 11) is 0. The molecule has 0 saturated heterocycles. The summed E-state index contributed by atoms with van der Waals surface area (Å²) in [5.41, 5.74) is 3.93. The molecule has 0 radical (unpaired) electrons. The van der Waals surface area contributed by atoms with Crippen LogP contribution in [0.1, 0.15) is 39.8 Å². The normalized spacial score (nSPS) is 10.7. The lowest BCUT2D eigenvalue weighted by molar-refractivity contribution is 0.0956. The Morgan fingerprint density at radius 1 is 1.03 bits per heavy atom. The van der Waals surface area contributed by atoms with Crippen LogP contribution >= 0.6 is 0 Å². The van der Waals surface area contributed by atoms with Gasteiger partial charge in [0, 0.05) is 0 Å². The summed E-state index contributed by atoms with van der Waals surface area (Å²) in [5.74, 6) is 0.0579. The second-order valence-electron chi connectivity index (χ2n) is 6.09. The fourth-order valence-electron chi connectivity index (χ4n) is 2.48. The van der Waals surface area contributed by atoms with E-state index in [-0.39, 0.29) is 11.3 Å². The molecule has 0 unspecified atom stereocenters. The number of ether oxygens (including phenoxy) is 1. The first-order valence-electron chi connectivity index (χ1n) is 9.17. The minimum Gasteiger partial charge on any atom is -0.494 e. The van der Waals surface area contributed by atoms with Gasteiger partial charge in [-0.2, -0.15) is 5.10 Å². The molecule has 3 aromatic rings. The third-order valence-corrected chi connectivity index (χ3v) is 3.90. The molecule has 7 nitrogen and oxygen atoms in total. The second kappa shape index (κ2) is 9.89. The lowest BCUT2D eigenvalue weighted by Gasteiger charge is -2.08. The number of hydrogen-bond donors (Lipinski definition) is 2. The van der Waals surface area contributed by atoms with Crippen molar-refractivity contribution in [3.63, 3.8) is 0 Å². The van der Waals surface area contributed by atoms with E-state index in [1.807, 2.05) is 31.2 Å². The predicted octanol–water partition coefficient (Wildman–Crippen LogP) is 4.08. The molecule has 7 heteroatoms. The van der Waals surface area contributed by atoms with Crippen molar-refractivity contribution in [3.05, 3.63) is 83.8 Å². The van der Waals surface area contributed by atoms with Gasteiger partial charge in [0.05, 0.1) is 30.3 Å². The van der Waals surface area contributed by atoms with E-state index >= 15 is 0 Å². The number of furan rings is 1. The molecule has 0 aliphatic carbocycles. The van der Waals surface area contributed by atoms with Gasteiger partial charge in [-0.3, -0.25) is 9.59 Å². The van der Waals surface area contributed by atoms with Crippen molar-refractivity contribution >= 4 is 23.7 Å². The van der Waals surface area contributed by atoms with Crippen LogP contribution in [0.25, 0.3) is 0 Å². The first kappa shape index (κ1) is 19.9. The maximum atomic E-state index is 12.5. The molecule has 0 atom stereocenters. The van der Waals surface area contributed by atoms with Gasteiger partial charge in [-0.25, -0.2) is 5.43 Å². The number of rotatable bonds is 8. The number of anilines is 1. The maximum absolute atomic E-state index is 12.5. The molecule has 0 aliphatic heterocycles. The summed E-state index contributed by atoms with van der Waals surface area (Å²) >= 11 is 0. The molecule has 29 heavy (non-hydrogen) atoms. The molecule has 1 heterocycles. The van der Waals surface area contributed by atoms with Crippen LogP contribution in [-0.2, 0) is 0 Å². The Labute approximate surface area is 168 Å². The highest BCUT2D eigenvalue weighted by atomic mass is 16.5. The molecule has 0 aliphatic rings. The van der Waals surface area contributed by atoms with Crippen LogP contribution in [0.3, 0.4) is 0 Å². The van der Waals surface area contributed by atoms with Crippen molar-refractivity contribution in [1.29, 1.82) is 0 Å². The Morgan fingerprint density at radius 2 is 1.83 bits per heavy atom. The Morgan fingerprint density at radius 3 is 2.55 bits per heavy atom. The van der Waals surface area contributed by atoms with Gasteiger partial charge in [0.1, 0.15) is 5.75 Å². The van der Waals surface area contributed by atoms with E-state index in [0.717, 1.165) is 17.7 Å². The van der Waals surface area contributed by atoms with Crippen molar-refractivity contribution in [2.75, 3.05) is 11.9 Å². The molecule has 0 saturated carbocycles. The van der Waals surface area contributed by atoms with Gasteiger partial charge in [-0.05, 0) is 60.5 Å². The fraction of sp³-hybridized carbons (Fsp3) is 0.136. The molecular formula is C22H21N3O4. The van der Waals surface area contributed by atoms with Crippen LogP contribution in [0.4, 0.5) is 5.69 Å². The first-order valence-corrected chi connectivity index (χ1v) is 9.17. The van der Waals surface area contributed by atoms with E-state index in [4.69, 9.17) is 9.15 Å². The molecule has 2 aromatic carbocycles. The van der Waals surface area contributed by atoms with Crippen molar-refractivity contribution in [2.24, 2.45) is 5.10 Å². The van der Waals surface area contributed by atoms with Gasteiger partial charge in [0.2, 0.25) is 0 Å². The number of hydrogen-bond acceptors (Lipinski definition) is 5. The largest absolute Gasteiger partial charge is 0.494 e. The highest BCUT2D eigenvalue weighted by molar-refractivity contribution is 6.07. The SMILES string of the molecule is CCCOc1ccc(/C=N\NC(=O)c2ccccc2NC(=O)c2ccco2)cc1. The summed E-state index contributed by atoms with van der Waals surface area (Å²) in [6.45, 7) is 2.71. The van der Waals surface area contributed by atoms with Crippen LogP contribution in [-0.4, -0.2) is 24.6 Å². The van der Waals surface area contributed by atoms with E-state index in [1.54, 1.807) is 36.4 Å². The summed E-state index contributed by atoms with van der Waals surface area (Å²) in [6.07, 6.45) is 3.88. The van der Waals surface area contributed by atoms with Crippen LogP contribution in [0.5, 0.6) is 5.75 Å². The van der Waals surface area contributed by atoms with Gasteiger partial charge in [-0.15, -0.1) is 0 Å². The highest BCUT2D eigenvalue weighted by Gasteiger charge is 2.15. The van der Waals surface area contributed by atoms with Gasteiger partial charge < -0.3 is 14.5 Å². The number of carbonyl (C=O) groups is 2. The van der Waals surface area contributed by atoms with E-state index < -0.39 is 11.8 Å². The summed E-state index contributed by atoms with van der Waals surface area (Å²) < 4.78 is 10.6. The molecule has 3 rings (SSSR count). The Hall–Kier alpha value is -3.87. The lowest BCUT2D eigenvalue weighted by Crippen LogP contribution is -2.21. The van der Waals surface area contributed by atoms with Crippen LogP contribution < -0.4 is 15.5 Å². The van der Waals surface area contributed by atoms with Gasteiger partial charge in [0.15, 0.2) is 5.76 Å². The average Bonchev–Trinajstić information content (AvgIpc) is 3.28. The van der Waals surface area contributed by atoms with Crippen LogP contribution in [0, 0.1) is 0 Å². The molecule has 0 spiro atoms. The number of para-hydroxylation sites is 1. The Balaban J connectivity index is 1.62. The monoisotopic (exact) mass is 391 g/mol. The Kier molecular flexibility index (Phi) is 6.78. The fourth-order valence-corrected chi connectivity index (χ4v) is 2.48. The third-order valence-electron chi connectivity index (χ3n) is 3.90. The molecule has 2 N–H and O–H groups in total. The zero-order valence-electron chi connectivity index (χ0n) is 15.9. The van der Waals surface area contributed by atoms with Gasteiger partial charge in [0.25, 0.3) is 11.8 Å². The minimum absolute atomic E-state index is 0.157. The molecular weight excluding hydrogens is 370 g/mol. The van der Waals surface area contributed by atoms with E-state index in [1.165, 1.54) is 12.5 Å². The molecule has 2 amide bonds. The molecule has 1 aromatic heterocycles. The number of benzene rings is 2. The maximum Gasteiger partial charge on any atom is 0.291 e. The van der Waals surface area contributed by atoms with Crippen LogP contribution in [0.15, 0.2) is 76.4 Å². The number of hydrazone groups is 1. The predicted molar refractivity (Wildman–Crippen MR) is 110 cm³/mol. The molecule has 148 valence electrons. The highest BCUT2D eigenvalue weighted by Crippen LogP contribution is 2.16. The van der Waals surface area contributed by atoms with Crippen molar-refractivity contribution in [1.82, 2.24) is 5.43 Å². The minimum atomic E-state index is -0.445. The van der Waals surface area contributed by atoms with Crippen molar-refractivity contribution in [3.8, 4) is 5.75 Å². The number of nitrogens with one attached hydrogen (secondary N) is 2. The zero-order chi connectivity index (χ0) is 20.5. The van der Waals surface area contributed by atoms with Gasteiger partial charge >= 0.3 is 0 Å². The smallest absolute Gasteiger partial charge is 0.291 e. The standard InChI is InChI=1S/C22H21N3O4/c1-2-13-28-17-11-9-16(10-12-17)15-23-25-21(26)18-6-3-4-7-19(18)24-22(27)20-8-5-14-29-20/h3-12,14-15H,2,13H2,1H3,(H,24,27)(H,25,26)/b23-15-. The van der Waals surface area contributed by atoms with Crippen LogP contribution in [0.2, 0.25) is 0 Å². The number of carbonyl (C=O) groups excluding carboxylic acids is 2. The Bertz CT molecular complexity index is 980. The summed E-state index contributed by atoms with van der Waals surface area (Å²) in [6, 6.07) is 17.2. The quantitative estimate of drug-likeness (QED) is 0.447. The van der Waals surface area contributed by atoms with Crippen molar-refractivity contribution < 1.29 is 18.7 Å².